The lowest BCUT2D eigenvalue weighted by atomic mass is 10.1. The number of aryl methyl sites for hydroxylation is 1. The van der Waals surface area contributed by atoms with E-state index in [-0.39, 0.29) is 6.42 Å². The van der Waals surface area contributed by atoms with Crippen LogP contribution < -0.4 is 15.2 Å². The molecule has 2 rings (SSSR count). The molecule has 5 N–H and O–H groups in total. The lowest BCUT2D eigenvalue weighted by molar-refractivity contribution is -0.147. The second-order valence-corrected chi connectivity index (χ2v) is 9.66. The van der Waals surface area contributed by atoms with Crippen LogP contribution in [0.5, 0.6) is 11.5 Å². The molecule has 0 aliphatic heterocycles. The van der Waals surface area contributed by atoms with E-state index >= 15 is 0 Å². The summed E-state index contributed by atoms with van der Waals surface area (Å²) in [5.74, 6) is -0.474. The highest BCUT2D eigenvalue weighted by molar-refractivity contribution is 7.47. The van der Waals surface area contributed by atoms with Gasteiger partial charge in [0.05, 0.1) is 26.4 Å². The molecule has 0 aliphatic rings. The molecule has 0 saturated carbocycles. The molecule has 2 aromatic carbocycles. The topological polar surface area (TPSA) is 184 Å². The van der Waals surface area contributed by atoms with Crippen LogP contribution in [0.2, 0.25) is 0 Å². The zero-order valence-corrected chi connectivity index (χ0v) is 21.7. The van der Waals surface area contributed by atoms with Crippen molar-refractivity contribution in [1.82, 2.24) is 0 Å². The number of phosphoric ester groups is 1. The van der Waals surface area contributed by atoms with Crippen molar-refractivity contribution >= 4 is 19.8 Å². The van der Waals surface area contributed by atoms with E-state index in [1.54, 1.807) is 0 Å². The predicted molar refractivity (Wildman–Crippen MR) is 136 cm³/mol. The zero-order valence-electron chi connectivity index (χ0n) is 20.8. The van der Waals surface area contributed by atoms with Crippen LogP contribution in [0, 0.1) is 0 Å². The number of unbranched alkanes of at least 4 members (excludes halogenated alkanes) is 1. The highest BCUT2D eigenvalue weighted by Crippen LogP contribution is 2.43. The molecular formula is C25H34NO11P. The number of esters is 1. The molecule has 0 spiro atoms. The normalized spacial score (nSPS) is 14.2. The summed E-state index contributed by atoms with van der Waals surface area (Å²) in [7, 11) is -4.63. The summed E-state index contributed by atoms with van der Waals surface area (Å²) in [6.07, 6.45) is 0.702. The summed E-state index contributed by atoms with van der Waals surface area (Å²) in [6, 6.07) is 15.4. The van der Waals surface area contributed by atoms with Gasteiger partial charge in [-0.2, -0.15) is 0 Å². The molecule has 38 heavy (non-hydrogen) atoms. The van der Waals surface area contributed by atoms with Gasteiger partial charge in [-0.05, 0) is 49.1 Å². The van der Waals surface area contributed by atoms with E-state index in [1.165, 1.54) is 0 Å². The smallest absolute Gasteiger partial charge is 0.472 e. The van der Waals surface area contributed by atoms with Crippen LogP contribution in [-0.2, 0) is 34.4 Å². The van der Waals surface area contributed by atoms with Gasteiger partial charge < -0.3 is 35.1 Å². The maximum Gasteiger partial charge on any atom is 0.472 e. The third-order valence-electron chi connectivity index (χ3n) is 4.94. The number of benzene rings is 2. The highest BCUT2D eigenvalue weighted by Gasteiger charge is 2.26. The molecule has 0 radical (unpaired) electrons. The molecule has 3 atom stereocenters. The van der Waals surface area contributed by atoms with Gasteiger partial charge >= 0.3 is 19.8 Å². The molecule has 0 amide bonds. The standard InChI is InChI=1S/C25H34NO11P/c26-23(25(29)30)18-37-38(31,32)36-17-20(27)16-35-24(28)12-11-19-7-6-10-22(15-19)34-14-5-4-13-33-21-8-2-1-3-9-21/h1-3,6-10,15,20,23,27H,4-5,11-14,16-18,26H2,(H,29,30)(H,31,32)/t20-,23+/m1/s1. The summed E-state index contributed by atoms with van der Waals surface area (Å²) in [5, 5.41) is 18.4. The fraction of sp³-hybridized carbons (Fsp3) is 0.440. The first-order valence-electron chi connectivity index (χ1n) is 12.0. The number of aliphatic hydroxyl groups excluding tert-OH is 1. The second kappa shape index (κ2) is 16.8. The number of nitrogens with two attached hydrogens (primary N) is 1. The van der Waals surface area contributed by atoms with Crippen LogP contribution in [-0.4, -0.2) is 72.2 Å². The number of carbonyl (C=O) groups excluding carboxylic acids is 1. The summed E-state index contributed by atoms with van der Waals surface area (Å²) in [5.41, 5.74) is 6.03. The monoisotopic (exact) mass is 555 g/mol. The first-order valence-corrected chi connectivity index (χ1v) is 13.5. The number of hydrogen-bond acceptors (Lipinski definition) is 10. The minimum absolute atomic E-state index is 0.0442. The van der Waals surface area contributed by atoms with Gasteiger partial charge in [0, 0.05) is 6.42 Å². The Labute approximate surface area is 220 Å². The average Bonchev–Trinajstić information content (AvgIpc) is 2.91. The van der Waals surface area contributed by atoms with Crippen molar-refractivity contribution in [3.8, 4) is 11.5 Å². The molecule has 0 aromatic heterocycles. The van der Waals surface area contributed by atoms with E-state index < -0.39 is 51.7 Å². The van der Waals surface area contributed by atoms with Crippen LogP contribution in [0.25, 0.3) is 0 Å². The Hall–Kier alpha value is -2.99. The quantitative estimate of drug-likeness (QED) is 0.113. The van der Waals surface area contributed by atoms with Crippen LogP contribution in [0.15, 0.2) is 54.6 Å². The molecule has 12 nitrogen and oxygen atoms in total. The maximum absolute atomic E-state index is 12.0. The van der Waals surface area contributed by atoms with Crippen molar-refractivity contribution < 1.29 is 52.5 Å². The Morgan fingerprint density at radius 3 is 2.21 bits per heavy atom. The number of carbonyl (C=O) groups is 2. The number of aliphatic carboxylic acids is 1. The molecule has 0 heterocycles. The number of carboxylic acids is 1. The summed E-state index contributed by atoms with van der Waals surface area (Å²) in [6.45, 7) is -0.775. The number of rotatable bonds is 19. The molecule has 1 unspecified atom stereocenters. The third-order valence-corrected chi connectivity index (χ3v) is 5.89. The van der Waals surface area contributed by atoms with Gasteiger partial charge in [-0.15, -0.1) is 0 Å². The van der Waals surface area contributed by atoms with E-state index in [9.17, 15) is 24.2 Å². The SMILES string of the molecule is N[C@@H](COP(=O)(O)OC[C@H](O)COC(=O)CCc1cccc(OCCCCOc2ccccc2)c1)C(=O)O. The Morgan fingerprint density at radius 2 is 1.53 bits per heavy atom. The van der Waals surface area contributed by atoms with Crippen molar-refractivity contribution in [2.45, 2.75) is 37.8 Å². The molecular weight excluding hydrogens is 521 g/mol. The average molecular weight is 556 g/mol. The van der Waals surface area contributed by atoms with Gasteiger partial charge in [-0.25, -0.2) is 4.57 Å². The lowest BCUT2D eigenvalue weighted by Gasteiger charge is -2.16. The summed E-state index contributed by atoms with van der Waals surface area (Å²) in [4.78, 5) is 32.1. The molecule has 0 bridgehead atoms. The van der Waals surface area contributed by atoms with Gasteiger partial charge in [-0.3, -0.25) is 18.6 Å². The molecule has 0 fully saturated rings. The Morgan fingerprint density at radius 1 is 0.895 bits per heavy atom. The minimum atomic E-state index is -4.63. The first kappa shape index (κ1) is 31.2. The van der Waals surface area contributed by atoms with Gasteiger partial charge in [0.1, 0.15) is 30.3 Å². The number of phosphoric acid groups is 1. The van der Waals surface area contributed by atoms with Crippen LogP contribution in [0.3, 0.4) is 0 Å². The fourth-order valence-electron chi connectivity index (χ4n) is 2.91. The molecule has 0 saturated heterocycles. The lowest BCUT2D eigenvalue weighted by Crippen LogP contribution is -2.34. The minimum Gasteiger partial charge on any atom is -0.494 e. The van der Waals surface area contributed by atoms with Crippen molar-refractivity contribution in [1.29, 1.82) is 0 Å². The van der Waals surface area contributed by atoms with Gasteiger partial charge in [0.15, 0.2) is 0 Å². The third kappa shape index (κ3) is 13.5. The van der Waals surface area contributed by atoms with E-state index in [1.807, 2.05) is 54.6 Å². The number of ether oxygens (including phenoxy) is 3. The highest BCUT2D eigenvalue weighted by atomic mass is 31.2. The number of para-hydroxylation sites is 1. The molecule has 13 heteroatoms. The predicted octanol–water partition coefficient (Wildman–Crippen LogP) is 2.31. The van der Waals surface area contributed by atoms with Gasteiger partial charge in [0.25, 0.3) is 0 Å². The van der Waals surface area contributed by atoms with Gasteiger partial charge in [-0.1, -0.05) is 30.3 Å². The van der Waals surface area contributed by atoms with Crippen molar-refractivity contribution in [2.75, 3.05) is 33.0 Å². The van der Waals surface area contributed by atoms with Crippen molar-refractivity contribution in [3.63, 3.8) is 0 Å². The van der Waals surface area contributed by atoms with Gasteiger partial charge in [0.2, 0.25) is 0 Å². The largest absolute Gasteiger partial charge is 0.494 e. The first-order chi connectivity index (χ1) is 18.1. The summed E-state index contributed by atoms with van der Waals surface area (Å²) >= 11 is 0. The number of hydrogen-bond donors (Lipinski definition) is 4. The van der Waals surface area contributed by atoms with E-state index in [0.29, 0.717) is 25.4 Å². The number of aliphatic hydroxyl groups is 1. The molecule has 2 aromatic rings. The van der Waals surface area contributed by atoms with Crippen LogP contribution in [0.4, 0.5) is 0 Å². The van der Waals surface area contributed by atoms with Crippen LogP contribution in [0.1, 0.15) is 24.8 Å². The molecule has 0 aliphatic carbocycles. The molecule has 210 valence electrons. The Kier molecular flexibility index (Phi) is 13.8. The Balaban J connectivity index is 1.59. The summed E-state index contributed by atoms with van der Waals surface area (Å²) < 4.78 is 37.0. The second-order valence-electron chi connectivity index (χ2n) is 8.21. The van der Waals surface area contributed by atoms with Crippen molar-refractivity contribution in [3.05, 3.63) is 60.2 Å². The van der Waals surface area contributed by atoms with E-state index in [4.69, 9.17) is 25.1 Å². The van der Waals surface area contributed by atoms with E-state index in [2.05, 4.69) is 9.05 Å². The zero-order chi connectivity index (χ0) is 27.8. The number of carboxylic acid groups (broad SMARTS) is 1. The maximum atomic E-state index is 12.0. The van der Waals surface area contributed by atoms with Crippen LogP contribution >= 0.6 is 7.82 Å². The fourth-order valence-corrected chi connectivity index (χ4v) is 3.69. The Bertz CT molecular complexity index is 1040. The van der Waals surface area contributed by atoms with Crippen molar-refractivity contribution in [2.24, 2.45) is 5.73 Å². The van der Waals surface area contributed by atoms with E-state index in [0.717, 1.165) is 24.2 Å².